The van der Waals surface area contributed by atoms with Crippen LogP contribution in [0.25, 0.3) is 0 Å². The molecule has 1 unspecified atom stereocenters. The largest absolute Gasteiger partial charge is 0.491 e. The van der Waals surface area contributed by atoms with Gasteiger partial charge in [-0.1, -0.05) is 55.8 Å². The van der Waals surface area contributed by atoms with E-state index in [0.717, 1.165) is 37.2 Å². The van der Waals surface area contributed by atoms with Gasteiger partial charge >= 0.3 is 0 Å². The van der Waals surface area contributed by atoms with Gasteiger partial charge in [-0.2, -0.15) is 0 Å². The summed E-state index contributed by atoms with van der Waals surface area (Å²) in [5.74, 6) is 1.15. The van der Waals surface area contributed by atoms with Crippen LogP contribution in [0.3, 0.4) is 0 Å². The highest BCUT2D eigenvalue weighted by atomic mass is 16.5. The van der Waals surface area contributed by atoms with E-state index in [1.54, 1.807) is 0 Å². The van der Waals surface area contributed by atoms with E-state index < -0.39 is 0 Å². The van der Waals surface area contributed by atoms with Crippen LogP contribution in [-0.4, -0.2) is 30.0 Å². The Bertz CT molecular complexity index is 713. The Morgan fingerprint density at radius 3 is 1.86 bits per heavy atom. The van der Waals surface area contributed by atoms with Crippen LogP contribution in [0.5, 0.6) is 5.75 Å². The molecule has 28 heavy (non-hydrogen) atoms. The smallest absolute Gasteiger partial charge is 0.223 e. The first-order chi connectivity index (χ1) is 13.4. The van der Waals surface area contributed by atoms with Crippen LogP contribution >= 0.6 is 0 Å². The maximum absolute atomic E-state index is 13.1. The van der Waals surface area contributed by atoms with Gasteiger partial charge in [-0.05, 0) is 56.9 Å². The van der Waals surface area contributed by atoms with Crippen molar-refractivity contribution in [2.24, 2.45) is 0 Å². The van der Waals surface area contributed by atoms with Crippen molar-refractivity contribution in [3.05, 3.63) is 65.2 Å². The highest BCUT2D eigenvalue weighted by Gasteiger charge is 2.22. The fraction of sp³-hybridized carbons (Fsp3) is 0.480. The summed E-state index contributed by atoms with van der Waals surface area (Å²) < 4.78 is 5.78. The number of hydrogen-bond donors (Lipinski definition) is 0. The lowest BCUT2D eigenvalue weighted by molar-refractivity contribution is -0.131. The Kier molecular flexibility index (Phi) is 8.56. The van der Waals surface area contributed by atoms with Gasteiger partial charge in [0.1, 0.15) is 5.75 Å². The van der Waals surface area contributed by atoms with Crippen molar-refractivity contribution < 1.29 is 9.53 Å². The second kappa shape index (κ2) is 10.9. The molecule has 3 nitrogen and oxygen atoms in total. The van der Waals surface area contributed by atoms with Gasteiger partial charge in [-0.15, -0.1) is 0 Å². The second-order valence-electron chi connectivity index (χ2n) is 7.78. The van der Waals surface area contributed by atoms with Gasteiger partial charge in [-0.3, -0.25) is 4.79 Å². The van der Waals surface area contributed by atoms with Crippen LogP contribution < -0.4 is 4.74 Å². The molecule has 1 amide bonds. The summed E-state index contributed by atoms with van der Waals surface area (Å²) in [5.41, 5.74) is 3.57. The molecule has 0 aliphatic rings. The number of benzene rings is 2. The molecule has 0 spiro atoms. The molecular weight excluding hydrogens is 346 g/mol. The molecule has 0 saturated carbocycles. The molecule has 152 valence electrons. The number of rotatable bonds is 10. The molecule has 0 aliphatic carbocycles. The zero-order valence-electron chi connectivity index (χ0n) is 18.1. The normalized spacial score (nSPS) is 12.1. The van der Waals surface area contributed by atoms with Crippen LogP contribution in [0, 0.1) is 6.92 Å². The first kappa shape index (κ1) is 22.0. The average molecular weight is 382 g/mol. The Hall–Kier alpha value is -2.29. The van der Waals surface area contributed by atoms with Gasteiger partial charge in [0.05, 0.1) is 6.10 Å². The van der Waals surface area contributed by atoms with Crippen molar-refractivity contribution in [2.45, 2.75) is 65.9 Å². The molecule has 0 fully saturated rings. The zero-order valence-corrected chi connectivity index (χ0v) is 18.1. The molecule has 0 saturated heterocycles. The Morgan fingerprint density at radius 2 is 1.39 bits per heavy atom. The third-order valence-electron chi connectivity index (χ3n) is 4.85. The van der Waals surface area contributed by atoms with Crippen LogP contribution in [0.1, 0.15) is 69.6 Å². The van der Waals surface area contributed by atoms with Crippen molar-refractivity contribution in [1.29, 1.82) is 0 Å². The minimum Gasteiger partial charge on any atom is -0.491 e. The summed E-state index contributed by atoms with van der Waals surface area (Å²) in [5, 5.41) is 0. The first-order valence-corrected chi connectivity index (χ1v) is 10.6. The van der Waals surface area contributed by atoms with E-state index in [4.69, 9.17) is 4.74 Å². The molecule has 0 radical (unpaired) electrons. The highest BCUT2D eigenvalue weighted by molar-refractivity contribution is 5.77. The van der Waals surface area contributed by atoms with Crippen LogP contribution in [0.2, 0.25) is 0 Å². The SMILES string of the molecule is CCCN(CCC)C(=O)CC(c1ccc(C)cc1)c1ccc(OC(C)C)cc1. The molecule has 2 aromatic carbocycles. The van der Waals surface area contributed by atoms with E-state index in [2.05, 4.69) is 57.2 Å². The summed E-state index contributed by atoms with van der Waals surface area (Å²) in [6.07, 6.45) is 2.62. The Labute approximate surface area is 170 Å². The standard InChI is InChI=1S/C25H35NO2/c1-6-16-26(17-7-2)25(27)18-24(21-10-8-20(5)9-11-21)22-12-14-23(15-13-22)28-19(3)4/h8-15,19,24H,6-7,16-18H2,1-5H3. The second-order valence-corrected chi connectivity index (χ2v) is 7.78. The molecule has 0 heterocycles. The van der Waals surface area contributed by atoms with Gasteiger partial charge in [0, 0.05) is 25.4 Å². The molecular formula is C25H35NO2. The Morgan fingerprint density at radius 1 is 0.893 bits per heavy atom. The fourth-order valence-electron chi connectivity index (χ4n) is 3.48. The lowest BCUT2D eigenvalue weighted by atomic mass is 9.87. The summed E-state index contributed by atoms with van der Waals surface area (Å²) >= 11 is 0. The highest BCUT2D eigenvalue weighted by Crippen LogP contribution is 2.30. The summed E-state index contributed by atoms with van der Waals surface area (Å²) in [6, 6.07) is 16.8. The maximum Gasteiger partial charge on any atom is 0.223 e. The topological polar surface area (TPSA) is 29.5 Å². The molecule has 1 atom stereocenters. The van der Waals surface area contributed by atoms with Crippen LogP contribution in [0.15, 0.2) is 48.5 Å². The van der Waals surface area contributed by atoms with E-state index in [-0.39, 0.29) is 17.9 Å². The molecule has 0 aromatic heterocycles. The maximum atomic E-state index is 13.1. The number of nitrogens with zero attached hydrogens (tertiary/aromatic N) is 1. The molecule has 0 N–H and O–H groups in total. The summed E-state index contributed by atoms with van der Waals surface area (Å²) in [4.78, 5) is 15.1. The Balaban J connectivity index is 2.29. The first-order valence-electron chi connectivity index (χ1n) is 10.6. The third-order valence-corrected chi connectivity index (χ3v) is 4.85. The van der Waals surface area contributed by atoms with Crippen molar-refractivity contribution in [3.63, 3.8) is 0 Å². The van der Waals surface area contributed by atoms with Gasteiger partial charge < -0.3 is 9.64 Å². The predicted molar refractivity (Wildman–Crippen MR) is 117 cm³/mol. The van der Waals surface area contributed by atoms with E-state index >= 15 is 0 Å². The number of carbonyl (C=O) groups excluding carboxylic acids is 1. The third kappa shape index (κ3) is 6.40. The van der Waals surface area contributed by atoms with Gasteiger partial charge in [-0.25, -0.2) is 0 Å². The molecule has 3 heteroatoms. The molecule has 0 bridgehead atoms. The van der Waals surface area contributed by atoms with Crippen molar-refractivity contribution in [1.82, 2.24) is 4.90 Å². The lowest BCUT2D eigenvalue weighted by Gasteiger charge is -2.25. The van der Waals surface area contributed by atoms with E-state index in [9.17, 15) is 4.79 Å². The fourth-order valence-corrected chi connectivity index (χ4v) is 3.48. The van der Waals surface area contributed by atoms with Gasteiger partial charge in [0.2, 0.25) is 5.91 Å². The van der Waals surface area contributed by atoms with Crippen LogP contribution in [0.4, 0.5) is 0 Å². The monoisotopic (exact) mass is 381 g/mol. The number of aryl methyl sites for hydroxylation is 1. The minimum absolute atomic E-state index is 0.0532. The average Bonchev–Trinajstić information content (AvgIpc) is 2.67. The quantitative estimate of drug-likeness (QED) is 0.509. The number of amides is 1. The predicted octanol–water partition coefficient (Wildman–Crippen LogP) is 5.95. The summed E-state index contributed by atoms with van der Waals surface area (Å²) in [6.45, 7) is 12.0. The lowest BCUT2D eigenvalue weighted by Crippen LogP contribution is -2.33. The number of ether oxygens (including phenoxy) is 1. The summed E-state index contributed by atoms with van der Waals surface area (Å²) in [7, 11) is 0. The van der Waals surface area contributed by atoms with Crippen molar-refractivity contribution in [2.75, 3.05) is 13.1 Å². The van der Waals surface area contributed by atoms with Gasteiger partial charge in [0.25, 0.3) is 0 Å². The van der Waals surface area contributed by atoms with Gasteiger partial charge in [0.15, 0.2) is 0 Å². The van der Waals surface area contributed by atoms with E-state index in [1.807, 2.05) is 30.9 Å². The molecule has 0 aliphatic heterocycles. The van der Waals surface area contributed by atoms with Crippen molar-refractivity contribution in [3.8, 4) is 5.75 Å². The zero-order chi connectivity index (χ0) is 20.5. The van der Waals surface area contributed by atoms with E-state index in [0.29, 0.717) is 6.42 Å². The van der Waals surface area contributed by atoms with E-state index in [1.165, 1.54) is 11.1 Å². The molecule has 2 rings (SSSR count). The number of hydrogen-bond acceptors (Lipinski definition) is 2. The minimum atomic E-state index is 0.0532. The van der Waals surface area contributed by atoms with Crippen LogP contribution in [-0.2, 0) is 4.79 Å². The molecule has 2 aromatic rings. The van der Waals surface area contributed by atoms with Crippen molar-refractivity contribution >= 4 is 5.91 Å². The number of carbonyl (C=O) groups is 1.